The molecule has 1 aliphatic heterocycles. The molecule has 1 aliphatic rings. The van der Waals surface area contributed by atoms with Gasteiger partial charge >= 0.3 is 6.09 Å². The first-order valence-electron chi connectivity index (χ1n) is 10.1. The highest BCUT2D eigenvalue weighted by Crippen LogP contribution is 2.25. The Morgan fingerprint density at radius 3 is 2.67 bits per heavy atom. The summed E-state index contributed by atoms with van der Waals surface area (Å²) in [4.78, 5) is 41.6. The number of hydrogen-bond donors (Lipinski definition) is 1. The second kappa shape index (κ2) is 9.78. The van der Waals surface area contributed by atoms with Crippen LogP contribution in [0.2, 0.25) is 5.02 Å². The van der Waals surface area contributed by atoms with Gasteiger partial charge in [-0.1, -0.05) is 11.6 Å². The molecule has 11 heteroatoms. The molecule has 0 saturated carbocycles. The summed E-state index contributed by atoms with van der Waals surface area (Å²) in [6.07, 6.45) is 1.45. The molecule has 170 valence electrons. The summed E-state index contributed by atoms with van der Waals surface area (Å²) in [5.41, 5.74) is 0.999. The number of rotatable bonds is 8. The molecule has 3 aromatic rings. The first kappa shape index (κ1) is 22.4. The number of benzene rings is 2. The van der Waals surface area contributed by atoms with E-state index in [0.29, 0.717) is 16.3 Å². The fourth-order valence-corrected chi connectivity index (χ4v) is 3.47. The second-order valence-electron chi connectivity index (χ2n) is 7.33. The van der Waals surface area contributed by atoms with E-state index in [4.69, 9.17) is 16.3 Å². The molecule has 1 saturated heterocycles. The Morgan fingerprint density at radius 1 is 1.18 bits per heavy atom. The highest BCUT2D eigenvalue weighted by atomic mass is 35.5. The van der Waals surface area contributed by atoms with Crippen LogP contribution in [0.25, 0.3) is 5.69 Å². The average molecular weight is 472 g/mol. The molecule has 33 heavy (non-hydrogen) atoms. The van der Waals surface area contributed by atoms with Crippen molar-refractivity contribution in [1.29, 1.82) is 0 Å². The van der Waals surface area contributed by atoms with E-state index in [2.05, 4.69) is 15.4 Å². The topological polar surface area (TPSA) is 106 Å². The van der Waals surface area contributed by atoms with Crippen molar-refractivity contribution in [2.75, 3.05) is 18.0 Å². The molecular formula is C22H19ClFN5O4. The predicted molar refractivity (Wildman–Crippen MR) is 117 cm³/mol. The lowest BCUT2D eigenvalue weighted by atomic mass is 10.1. The van der Waals surface area contributed by atoms with Crippen LogP contribution in [0.15, 0.2) is 55.1 Å². The molecular weight excluding hydrogens is 453 g/mol. The van der Waals surface area contributed by atoms with Gasteiger partial charge in [0.2, 0.25) is 5.91 Å². The van der Waals surface area contributed by atoms with E-state index in [0.717, 1.165) is 0 Å². The van der Waals surface area contributed by atoms with Gasteiger partial charge in [-0.15, -0.1) is 0 Å². The number of hydrogen-bond acceptors (Lipinski definition) is 6. The lowest BCUT2D eigenvalue weighted by Gasteiger charge is -2.14. The monoisotopic (exact) mass is 471 g/mol. The molecule has 1 aromatic heterocycles. The van der Waals surface area contributed by atoms with Crippen LogP contribution in [0.4, 0.5) is 14.9 Å². The number of cyclic esters (lactones) is 1. The molecule has 0 spiro atoms. The maximum absolute atomic E-state index is 14.5. The van der Waals surface area contributed by atoms with E-state index in [9.17, 15) is 18.8 Å². The number of ketones is 1. The van der Waals surface area contributed by atoms with Crippen LogP contribution < -0.4 is 10.2 Å². The van der Waals surface area contributed by atoms with E-state index in [1.54, 1.807) is 30.3 Å². The third-order valence-electron chi connectivity index (χ3n) is 5.05. The quantitative estimate of drug-likeness (QED) is 0.506. The molecule has 9 nitrogen and oxygen atoms in total. The molecule has 1 atom stereocenters. The maximum atomic E-state index is 14.5. The van der Waals surface area contributed by atoms with Gasteiger partial charge in [-0.2, -0.15) is 5.10 Å². The Balaban J connectivity index is 1.27. The van der Waals surface area contributed by atoms with Gasteiger partial charge < -0.3 is 10.1 Å². The number of carbonyl (C=O) groups is 3. The van der Waals surface area contributed by atoms with Crippen molar-refractivity contribution < 1.29 is 23.5 Å². The first-order chi connectivity index (χ1) is 15.9. The summed E-state index contributed by atoms with van der Waals surface area (Å²) in [5.74, 6) is -1.08. The molecule has 2 heterocycles. The number of nitrogens with one attached hydrogen (secondary N) is 1. The van der Waals surface area contributed by atoms with E-state index < -0.39 is 18.0 Å². The third kappa shape index (κ3) is 5.35. The van der Waals surface area contributed by atoms with Crippen LogP contribution in [-0.2, 0) is 9.53 Å². The standard InChI is InChI=1S/C22H19ClFN5O4/c23-15-3-1-14(2-4-15)20(30)7-8-21(31)26-10-17-11-28(22(32)33-17)16-5-6-19(18(24)9-16)29-13-25-12-27-29/h1-6,9,12-13,17H,7-8,10-11H2,(H,26,31)/t17-/m0/s1. The Labute approximate surface area is 193 Å². The lowest BCUT2D eigenvalue weighted by molar-refractivity contribution is -0.121. The molecule has 4 rings (SSSR count). The van der Waals surface area contributed by atoms with E-state index in [1.165, 1.54) is 34.4 Å². The van der Waals surface area contributed by atoms with Crippen molar-refractivity contribution >= 4 is 35.1 Å². The molecule has 2 aromatic carbocycles. The molecule has 0 radical (unpaired) electrons. The normalized spacial score (nSPS) is 15.4. The van der Waals surface area contributed by atoms with Gasteiger partial charge in [0.25, 0.3) is 0 Å². The number of anilines is 1. The smallest absolute Gasteiger partial charge is 0.414 e. The fourth-order valence-electron chi connectivity index (χ4n) is 3.34. The number of nitrogens with zero attached hydrogens (tertiary/aromatic N) is 4. The van der Waals surface area contributed by atoms with Crippen molar-refractivity contribution in [2.45, 2.75) is 18.9 Å². The summed E-state index contributed by atoms with van der Waals surface area (Å²) >= 11 is 5.80. The van der Waals surface area contributed by atoms with Gasteiger partial charge in [0, 0.05) is 23.4 Å². The van der Waals surface area contributed by atoms with Crippen molar-refractivity contribution in [3.63, 3.8) is 0 Å². The molecule has 2 amide bonds. The molecule has 0 aliphatic carbocycles. The third-order valence-corrected chi connectivity index (χ3v) is 5.31. The predicted octanol–water partition coefficient (Wildman–Crippen LogP) is 3.16. The van der Waals surface area contributed by atoms with Gasteiger partial charge in [0.05, 0.1) is 18.8 Å². The minimum atomic E-state index is -0.639. The summed E-state index contributed by atoms with van der Waals surface area (Å²) in [5, 5.41) is 7.07. The number of aromatic nitrogens is 3. The van der Waals surface area contributed by atoms with Crippen molar-refractivity contribution in [3.05, 3.63) is 71.5 Å². The average Bonchev–Trinajstić information content (AvgIpc) is 3.46. The van der Waals surface area contributed by atoms with Crippen LogP contribution in [0.3, 0.4) is 0 Å². The maximum Gasteiger partial charge on any atom is 0.414 e. The van der Waals surface area contributed by atoms with Crippen LogP contribution in [0, 0.1) is 5.82 Å². The molecule has 0 bridgehead atoms. The van der Waals surface area contributed by atoms with Crippen LogP contribution in [-0.4, -0.2) is 51.7 Å². The van der Waals surface area contributed by atoms with Gasteiger partial charge in [0.15, 0.2) is 11.6 Å². The summed E-state index contributed by atoms with van der Waals surface area (Å²) in [6, 6.07) is 10.7. The van der Waals surface area contributed by atoms with Crippen molar-refractivity contribution in [2.24, 2.45) is 0 Å². The van der Waals surface area contributed by atoms with E-state index in [-0.39, 0.29) is 43.3 Å². The minimum Gasteiger partial charge on any atom is -0.442 e. The largest absolute Gasteiger partial charge is 0.442 e. The molecule has 1 fully saturated rings. The van der Waals surface area contributed by atoms with Gasteiger partial charge in [0.1, 0.15) is 24.4 Å². The number of amides is 2. The molecule has 0 unspecified atom stereocenters. The Hall–Kier alpha value is -3.79. The number of halogens is 2. The van der Waals surface area contributed by atoms with E-state index in [1.807, 2.05) is 0 Å². The van der Waals surface area contributed by atoms with Gasteiger partial charge in [-0.05, 0) is 42.5 Å². The highest BCUT2D eigenvalue weighted by Gasteiger charge is 2.33. The Bertz CT molecular complexity index is 1170. The fraction of sp³-hybridized carbons (Fsp3) is 0.227. The number of carbonyl (C=O) groups excluding carboxylic acids is 3. The lowest BCUT2D eigenvalue weighted by Crippen LogP contribution is -2.34. The number of ether oxygens (including phenoxy) is 1. The number of Topliss-reactive ketones (excluding diaryl/α,β-unsaturated/α-hetero) is 1. The van der Waals surface area contributed by atoms with Crippen LogP contribution in [0.1, 0.15) is 23.2 Å². The Kier molecular flexibility index (Phi) is 6.64. The zero-order valence-corrected chi connectivity index (χ0v) is 18.0. The SMILES string of the molecule is O=C(CCC(=O)c1ccc(Cl)cc1)NC[C@H]1CN(c2ccc(-n3cncn3)c(F)c2)C(=O)O1. The van der Waals surface area contributed by atoms with Gasteiger partial charge in [-0.25, -0.2) is 18.9 Å². The first-order valence-corrected chi connectivity index (χ1v) is 10.5. The zero-order chi connectivity index (χ0) is 23.4. The molecule has 1 N–H and O–H groups in total. The zero-order valence-electron chi connectivity index (χ0n) is 17.3. The highest BCUT2D eigenvalue weighted by molar-refractivity contribution is 6.30. The van der Waals surface area contributed by atoms with Crippen molar-refractivity contribution in [1.82, 2.24) is 20.1 Å². The Morgan fingerprint density at radius 2 is 1.97 bits per heavy atom. The summed E-state index contributed by atoms with van der Waals surface area (Å²) in [7, 11) is 0. The summed E-state index contributed by atoms with van der Waals surface area (Å²) < 4.78 is 21.0. The van der Waals surface area contributed by atoms with Crippen LogP contribution in [0.5, 0.6) is 0 Å². The van der Waals surface area contributed by atoms with E-state index >= 15 is 0 Å². The minimum absolute atomic E-state index is 0.000793. The second-order valence-corrected chi connectivity index (χ2v) is 7.76. The van der Waals surface area contributed by atoms with Crippen LogP contribution >= 0.6 is 11.6 Å². The van der Waals surface area contributed by atoms with Gasteiger partial charge in [-0.3, -0.25) is 14.5 Å². The van der Waals surface area contributed by atoms with Crippen molar-refractivity contribution in [3.8, 4) is 5.69 Å². The summed E-state index contributed by atoms with van der Waals surface area (Å²) in [6.45, 7) is 0.223.